The zero-order valence-corrected chi connectivity index (χ0v) is 10.3. The van der Waals surface area contributed by atoms with Crippen LogP contribution in [0.25, 0.3) is 0 Å². The molecule has 1 atom stereocenters. The second kappa shape index (κ2) is 5.82. The monoisotopic (exact) mass is 236 g/mol. The van der Waals surface area contributed by atoms with Crippen molar-refractivity contribution in [2.24, 2.45) is 13.0 Å². The van der Waals surface area contributed by atoms with E-state index in [2.05, 4.69) is 15.6 Å². The summed E-state index contributed by atoms with van der Waals surface area (Å²) in [6.45, 7) is 2.57. The van der Waals surface area contributed by atoms with E-state index in [1.807, 2.05) is 17.8 Å². The number of hydrogen-bond donors (Lipinski definition) is 2. The highest BCUT2D eigenvalue weighted by molar-refractivity contribution is 5.76. The lowest BCUT2D eigenvalue weighted by Gasteiger charge is -2.22. The standard InChI is InChI=1S/C12H20N4O/c1-16-6-5-14-11(16)9-15-12(17)7-10-3-2-4-13-8-10/h5-6,10,13H,2-4,7-9H2,1H3,(H,15,17). The van der Waals surface area contributed by atoms with Crippen molar-refractivity contribution in [1.82, 2.24) is 20.2 Å². The Morgan fingerprint density at radius 3 is 3.24 bits per heavy atom. The fourth-order valence-corrected chi connectivity index (χ4v) is 2.18. The Kier molecular flexibility index (Phi) is 4.14. The maximum atomic E-state index is 11.7. The van der Waals surface area contributed by atoms with Crippen molar-refractivity contribution in [3.05, 3.63) is 18.2 Å². The molecule has 0 aromatic carbocycles. The first-order valence-electron chi connectivity index (χ1n) is 6.19. The summed E-state index contributed by atoms with van der Waals surface area (Å²) in [5, 5.41) is 6.25. The molecule has 0 aliphatic carbocycles. The van der Waals surface area contributed by atoms with E-state index in [1.165, 1.54) is 6.42 Å². The Balaban J connectivity index is 1.72. The highest BCUT2D eigenvalue weighted by Crippen LogP contribution is 2.13. The molecule has 94 valence electrons. The van der Waals surface area contributed by atoms with Gasteiger partial charge in [0.1, 0.15) is 5.82 Å². The lowest BCUT2D eigenvalue weighted by Crippen LogP contribution is -2.34. The van der Waals surface area contributed by atoms with E-state index in [-0.39, 0.29) is 5.91 Å². The van der Waals surface area contributed by atoms with Crippen LogP contribution >= 0.6 is 0 Å². The van der Waals surface area contributed by atoms with Crippen molar-refractivity contribution in [3.63, 3.8) is 0 Å². The van der Waals surface area contributed by atoms with E-state index in [9.17, 15) is 4.79 Å². The predicted octanol–water partition coefficient (Wildman–Crippen LogP) is 0.426. The van der Waals surface area contributed by atoms with Gasteiger partial charge in [-0.2, -0.15) is 0 Å². The number of piperidine rings is 1. The molecule has 0 spiro atoms. The number of amides is 1. The second-order valence-electron chi connectivity index (χ2n) is 4.65. The minimum absolute atomic E-state index is 0.127. The van der Waals surface area contributed by atoms with Crippen molar-refractivity contribution in [3.8, 4) is 0 Å². The van der Waals surface area contributed by atoms with Gasteiger partial charge in [-0.05, 0) is 31.8 Å². The summed E-state index contributed by atoms with van der Waals surface area (Å²) in [5.74, 6) is 1.51. The third-order valence-corrected chi connectivity index (χ3v) is 3.24. The topological polar surface area (TPSA) is 59.0 Å². The molecule has 0 bridgehead atoms. The van der Waals surface area contributed by atoms with E-state index < -0.39 is 0 Å². The summed E-state index contributed by atoms with van der Waals surface area (Å²) in [6, 6.07) is 0. The third-order valence-electron chi connectivity index (χ3n) is 3.24. The quantitative estimate of drug-likeness (QED) is 0.797. The molecule has 17 heavy (non-hydrogen) atoms. The smallest absolute Gasteiger partial charge is 0.220 e. The third kappa shape index (κ3) is 3.56. The Bertz CT molecular complexity index is 368. The molecule has 1 fully saturated rings. The van der Waals surface area contributed by atoms with Gasteiger partial charge in [0.25, 0.3) is 0 Å². The van der Waals surface area contributed by atoms with Gasteiger partial charge in [0.05, 0.1) is 6.54 Å². The van der Waals surface area contributed by atoms with Gasteiger partial charge in [-0.15, -0.1) is 0 Å². The highest BCUT2D eigenvalue weighted by atomic mass is 16.1. The van der Waals surface area contributed by atoms with Gasteiger partial charge in [0.2, 0.25) is 5.91 Å². The van der Waals surface area contributed by atoms with Crippen molar-refractivity contribution in [1.29, 1.82) is 0 Å². The summed E-state index contributed by atoms with van der Waals surface area (Å²) < 4.78 is 1.92. The van der Waals surface area contributed by atoms with Crippen molar-refractivity contribution in [2.75, 3.05) is 13.1 Å². The molecule has 2 rings (SSSR count). The molecule has 5 heteroatoms. The Morgan fingerprint density at radius 2 is 2.59 bits per heavy atom. The predicted molar refractivity (Wildman–Crippen MR) is 65.3 cm³/mol. The first-order valence-corrected chi connectivity index (χ1v) is 6.19. The molecule has 1 saturated heterocycles. The minimum Gasteiger partial charge on any atom is -0.349 e. The van der Waals surface area contributed by atoms with Crippen LogP contribution in [0.15, 0.2) is 12.4 Å². The van der Waals surface area contributed by atoms with Gasteiger partial charge >= 0.3 is 0 Å². The fourth-order valence-electron chi connectivity index (χ4n) is 2.18. The normalized spacial score (nSPS) is 20.2. The lowest BCUT2D eigenvalue weighted by molar-refractivity contribution is -0.122. The van der Waals surface area contributed by atoms with Gasteiger partial charge in [-0.25, -0.2) is 4.98 Å². The van der Waals surface area contributed by atoms with Crippen LogP contribution in [0.5, 0.6) is 0 Å². The van der Waals surface area contributed by atoms with Crippen LogP contribution in [-0.2, 0) is 18.4 Å². The molecular weight excluding hydrogens is 216 g/mol. The molecule has 1 amide bonds. The molecule has 1 aliphatic rings. The maximum Gasteiger partial charge on any atom is 0.220 e. The van der Waals surface area contributed by atoms with Crippen LogP contribution in [0.2, 0.25) is 0 Å². The first-order chi connectivity index (χ1) is 8.25. The van der Waals surface area contributed by atoms with Crippen molar-refractivity contribution < 1.29 is 4.79 Å². The van der Waals surface area contributed by atoms with Crippen LogP contribution in [0, 0.1) is 5.92 Å². The minimum atomic E-state index is 0.127. The Morgan fingerprint density at radius 1 is 1.71 bits per heavy atom. The van der Waals surface area contributed by atoms with E-state index in [0.29, 0.717) is 18.9 Å². The van der Waals surface area contributed by atoms with Crippen LogP contribution in [0.1, 0.15) is 25.1 Å². The first kappa shape index (κ1) is 12.1. The number of nitrogens with zero attached hydrogens (tertiary/aromatic N) is 2. The molecule has 1 aromatic heterocycles. The SMILES string of the molecule is Cn1ccnc1CNC(=O)CC1CCCNC1. The molecule has 2 heterocycles. The molecule has 5 nitrogen and oxygen atoms in total. The van der Waals surface area contributed by atoms with Crippen molar-refractivity contribution in [2.45, 2.75) is 25.8 Å². The number of nitrogens with one attached hydrogen (secondary N) is 2. The summed E-state index contributed by atoms with van der Waals surface area (Å²) >= 11 is 0. The summed E-state index contributed by atoms with van der Waals surface area (Å²) in [6.07, 6.45) is 6.58. The summed E-state index contributed by atoms with van der Waals surface area (Å²) in [7, 11) is 1.93. The van der Waals surface area contributed by atoms with Gasteiger partial charge in [0.15, 0.2) is 0 Å². The van der Waals surface area contributed by atoms with Crippen LogP contribution in [0.4, 0.5) is 0 Å². The number of hydrogen-bond acceptors (Lipinski definition) is 3. The molecular formula is C12H20N4O. The molecule has 0 radical (unpaired) electrons. The van der Waals surface area contributed by atoms with Gasteiger partial charge in [0, 0.05) is 25.9 Å². The summed E-state index contributed by atoms with van der Waals surface area (Å²) in [5.41, 5.74) is 0. The fraction of sp³-hybridized carbons (Fsp3) is 0.667. The Hall–Kier alpha value is -1.36. The molecule has 2 N–H and O–H groups in total. The van der Waals surface area contributed by atoms with Crippen LogP contribution < -0.4 is 10.6 Å². The molecule has 0 saturated carbocycles. The Labute approximate surface area is 102 Å². The number of aromatic nitrogens is 2. The summed E-state index contributed by atoms with van der Waals surface area (Å²) in [4.78, 5) is 15.9. The van der Waals surface area contributed by atoms with Crippen LogP contribution in [-0.4, -0.2) is 28.5 Å². The molecule has 1 aliphatic heterocycles. The number of carbonyl (C=O) groups is 1. The van der Waals surface area contributed by atoms with E-state index in [0.717, 1.165) is 25.3 Å². The second-order valence-corrected chi connectivity index (χ2v) is 4.65. The zero-order valence-electron chi connectivity index (χ0n) is 10.3. The van der Waals surface area contributed by atoms with Gasteiger partial charge < -0.3 is 15.2 Å². The average molecular weight is 236 g/mol. The highest BCUT2D eigenvalue weighted by Gasteiger charge is 2.16. The number of rotatable bonds is 4. The molecule has 1 unspecified atom stereocenters. The average Bonchev–Trinajstić information content (AvgIpc) is 2.74. The number of imidazole rings is 1. The number of carbonyl (C=O) groups excluding carboxylic acids is 1. The van der Waals surface area contributed by atoms with Gasteiger partial charge in [-0.1, -0.05) is 0 Å². The van der Waals surface area contributed by atoms with Crippen LogP contribution in [0.3, 0.4) is 0 Å². The van der Waals surface area contributed by atoms with Gasteiger partial charge in [-0.3, -0.25) is 4.79 Å². The van der Waals surface area contributed by atoms with E-state index >= 15 is 0 Å². The van der Waals surface area contributed by atoms with E-state index in [1.54, 1.807) is 6.20 Å². The zero-order chi connectivity index (χ0) is 12.1. The lowest BCUT2D eigenvalue weighted by atomic mass is 9.96. The largest absolute Gasteiger partial charge is 0.349 e. The molecule has 1 aromatic rings. The van der Waals surface area contributed by atoms with E-state index in [4.69, 9.17) is 0 Å². The number of aryl methyl sites for hydroxylation is 1. The maximum absolute atomic E-state index is 11.7. The van der Waals surface area contributed by atoms with Crippen molar-refractivity contribution >= 4 is 5.91 Å².